The van der Waals surface area contributed by atoms with Crippen molar-refractivity contribution in [3.05, 3.63) is 53.9 Å². The van der Waals surface area contributed by atoms with Crippen LogP contribution in [0.25, 0.3) is 0 Å². The molecule has 2 heterocycles. The van der Waals surface area contributed by atoms with Crippen molar-refractivity contribution in [2.75, 3.05) is 18.5 Å². The highest BCUT2D eigenvalue weighted by molar-refractivity contribution is 6.02. The maximum Gasteiger partial charge on any atom is 0.274 e. The van der Waals surface area contributed by atoms with Crippen molar-refractivity contribution >= 4 is 24.0 Å². The van der Waals surface area contributed by atoms with E-state index < -0.39 is 0 Å². The van der Waals surface area contributed by atoms with Crippen LogP contribution in [-0.2, 0) is 6.42 Å². The van der Waals surface area contributed by atoms with E-state index in [1.165, 1.54) is 24.8 Å². The van der Waals surface area contributed by atoms with Crippen LogP contribution in [0.15, 0.2) is 42.6 Å². The first-order valence-corrected chi connectivity index (χ1v) is 8.97. The minimum absolute atomic E-state index is 0. The number of carbonyl (C=O) groups excluding carboxylic acids is 1. The summed E-state index contributed by atoms with van der Waals surface area (Å²) in [4.78, 5) is 16.4. The average molecular weight is 376 g/mol. The van der Waals surface area contributed by atoms with Crippen molar-refractivity contribution in [2.24, 2.45) is 0 Å². The van der Waals surface area contributed by atoms with Crippen molar-refractivity contribution in [2.45, 2.75) is 38.6 Å². The number of aromatic nitrogens is 1. The van der Waals surface area contributed by atoms with Gasteiger partial charge in [0, 0.05) is 11.7 Å². The zero-order valence-corrected chi connectivity index (χ0v) is 15.8. The molecule has 2 N–H and O–H groups in total. The van der Waals surface area contributed by atoms with Crippen LogP contribution >= 0.6 is 12.4 Å². The predicted molar refractivity (Wildman–Crippen MR) is 106 cm³/mol. The highest BCUT2D eigenvalue weighted by atomic mass is 35.5. The number of anilines is 1. The highest BCUT2D eigenvalue weighted by Crippen LogP contribution is 2.16. The summed E-state index contributed by atoms with van der Waals surface area (Å²) in [6.07, 6.45) is 6.37. The largest absolute Gasteiger partial charge is 0.492 e. The second kappa shape index (κ2) is 10.1. The van der Waals surface area contributed by atoms with Crippen molar-refractivity contribution < 1.29 is 9.53 Å². The molecule has 0 bridgehead atoms. The van der Waals surface area contributed by atoms with Gasteiger partial charge in [0.1, 0.15) is 11.4 Å². The first-order valence-electron chi connectivity index (χ1n) is 8.97. The molecule has 1 atom stereocenters. The summed E-state index contributed by atoms with van der Waals surface area (Å²) in [7, 11) is 0. The number of amides is 1. The highest BCUT2D eigenvalue weighted by Gasteiger charge is 2.13. The van der Waals surface area contributed by atoms with E-state index in [1.54, 1.807) is 18.3 Å². The van der Waals surface area contributed by atoms with E-state index in [0.29, 0.717) is 24.1 Å². The van der Waals surface area contributed by atoms with Crippen LogP contribution in [0.1, 0.15) is 42.2 Å². The maximum absolute atomic E-state index is 12.2. The third kappa shape index (κ3) is 5.71. The Labute approximate surface area is 161 Å². The van der Waals surface area contributed by atoms with Crippen LogP contribution in [0.2, 0.25) is 0 Å². The summed E-state index contributed by atoms with van der Waals surface area (Å²) < 4.78 is 5.33. The molecule has 0 spiro atoms. The van der Waals surface area contributed by atoms with Gasteiger partial charge in [-0.15, -0.1) is 12.4 Å². The van der Waals surface area contributed by atoms with Gasteiger partial charge in [-0.3, -0.25) is 4.79 Å². The second-order valence-corrected chi connectivity index (χ2v) is 6.30. The summed E-state index contributed by atoms with van der Waals surface area (Å²) in [6.45, 7) is 3.64. The molecule has 0 radical (unpaired) electrons. The number of hydrogen-bond donors (Lipinski definition) is 2. The lowest BCUT2D eigenvalue weighted by atomic mass is 10.0. The Balaban J connectivity index is 0.00000243. The maximum atomic E-state index is 12.2. The fourth-order valence-electron chi connectivity index (χ4n) is 3.06. The first-order chi connectivity index (χ1) is 12.2. The van der Waals surface area contributed by atoms with Crippen molar-refractivity contribution in [1.29, 1.82) is 0 Å². The lowest BCUT2D eigenvalue weighted by Gasteiger charge is -2.10. The van der Waals surface area contributed by atoms with Crippen molar-refractivity contribution in [1.82, 2.24) is 10.3 Å². The minimum Gasteiger partial charge on any atom is -0.492 e. The molecule has 1 amide bonds. The summed E-state index contributed by atoms with van der Waals surface area (Å²) in [5.74, 6) is 0.450. The molecule has 1 aromatic heterocycles. The van der Waals surface area contributed by atoms with Crippen LogP contribution in [0.3, 0.4) is 0 Å². The number of carbonyl (C=O) groups is 1. The van der Waals surface area contributed by atoms with Gasteiger partial charge in [0.25, 0.3) is 5.91 Å². The van der Waals surface area contributed by atoms with E-state index >= 15 is 0 Å². The Hall–Kier alpha value is -2.11. The Kier molecular flexibility index (Phi) is 7.88. The molecule has 1 fully saturated rings. The standard InChI is InChI=1S/C20H25N3O2.ClH/c1-2-25-18-11-12-19(22-14-18)20(24)23-17-9-6-15(7-10-17)5-8-16-4-3-13-21-16;/h6-7,9-12,14,16,21H,2-5,8,13H2,1H3,(H,23,24);1H. The van der Waals surface area contributed by atoms with Crippen LogP contribution in [0.5, 0.6) is 5.75 Å². The van der Waals surface area contributed by atoms with Crippen LogP contribution in [0, 0.1) is 0 Å². The number of benzene rings is 1. The van der Waals surface area contributed by atoms with Crippen LogP contribution in [0.4, 0.5) is 5.69 Å². The summed E-state index contributed by atoms with van der Waals surface area (Å²) in [6, 6.07) is 12.1. The Bertz CT molecular complexity index is 683. The van der Waals surface area contributed by atoms with Gasteiger partial charge in [-0.25, -0.2) is 4.98 Å². The first kappa shape index (κ1) is 20.2. The predicted octanol–water partition coefficient (Wildman–Crippen LogP) is 3.84. The van der Waals surface area contributed by atoms with Gasteiger partial charge in [0.2, 0.25) is 0 Å². The third-order valence-corrected chi connectivity index (χ3v) is 4.44. The zero-order valence-electron chi connectivity index (χ0n) is 15.0. The fraction of sp³-hybridized carbons (Fsp3) is 0.400. The number of rotatable bonds is 7. The average Bonchev–Trinajstić information content (AvgIpc) is 3.15. The SMILES string of the molecule is CCOc1ccc(C(=O)Nc2ccc(CCC3CCCN3)cc2)nc1.Cl. The molecule has 1 unspecified atom stereocenters. The van der Waals surface area contributed by atoms with Gasteiger partial charge in [-0.2, -0.15) is 0 Å². The topological polar surface area (TPSA) is 63.2 Å². The summed E-state index contributed by atoms with van der Waals surface area (Å²) in [5, 5.41) is 6.40. The molecule has 1 aliphatic rings. The second-order valence-electron chi connectivity index (χ2n) is 6.30. The molecule has 1 saturated heterocycles. The van der Waals surface area contributed by atoms with E-state index in [1.807, 2.05) is 19.1 Å². The van der Waals surface area contributed by atoms with E-state index in [-0.39, 0.29) is 18.3 Å². The number of nitrogens with one attached hydrogen (secondary N) is 2. The molecule has 6 heteroatoms. The lowest BCUT2D eigenvalue weighted by Crippen LogP contribution is -2.21. The Morgan fingerprint density at radius 2 is 2.08 bits per heavy atom. The fourth-order valence-corrected chi connectivity index (χ4v) is 3.06. The van der Waals surface area contributed by atoms with E-state index in [4.69, 9.17) is 4.74 Å². The van der Waals surface area contributed by atoms with E-state index in [2.05, 4.69) is 27.8 Å². The third-order valence-electron chi connectivity index (χ3n) is 4.44. The number of halogens is 1. The number of hydrogen-bond acceptors (Lipinski definition) is 4. The summed E-state index contributed by atoms with van der Waals surface area (Å²) >= 11 is 0. The van der Waals surface area contributed by atoms with Gasteiger partial charge in [0.05, 0.1) is 12.8 Å². The number of pyridine rings is 1. The van der Waals surface area contributed by atoms with E-state index in [0.717, 1.165) is 18.7 Å². The molecule has 1 aliphatic heterocycles. The normalized spacial score (nSPS) is 16.0. The molecule has 140 valence electrons. The molecule has 0 saturated carbocycles. The smallest absolute Gasteiger partial charge is 0.274 e. The number of aryl methyl sites for hydroxylation is 1. The minimum atomic E-state index is -0.217. The zero-order chi connectivity index (χ0) is 17.5. The number of nitrogens with zero attached hydrogens (tertiary/aromatic N) is 1. The summed E-state index contributed by atoms with van der Waals surface area (Å²) in [5.41, 5.74) is 2.45. The Morgan fingerprint density at radius 1 is 1.27 bits per heavy atom. The van der Waals surface area contributed by atoms with Crippen molar-refractivity contribution in [3.63, 3.8) is 0 Å². The van der Waals surface area contributed by atoms with Gasteiger partial charge in [-0.1, -0.05) is 12.1 Å². The lowest BCUT2D eigenvalue weighted by molar-refractivity contribution is 0.102. The van der Waals surface area contributed by atoms with Gasteiger partial charge in [-0.05, 0) is 69.0 Å². The monoisotopic (exact) mass is 375 g/mol. The molecule has 0 aliphatic carbocycles. The Morgan fingerprint density at radius 3 is 2.69 bits per heavy atom. The van der Waals surface area contributed by atoms with Crippen molar-refractivity contribution in [3.8, 4) is 5.75 Å². The quantitative estimate of drug-likeness (QED) is 0.771. The molecular weight excluding hydrogens is 350 g/mol. The van der Waals surface area contributed by atoms with E-state index in [9.17, 15) is 4.79 Å². The van der Waals surface area contributed by atoms with Gasteiger partial charge >= 0.3 is 0 Å². The molecule has 26 heavy (non-hydrogen) atoms. The molecule has 5 nitrogen and oxygen atoms in total. The van der Waals surface area contributed by atoms with Gasteiger partial charge < -0.3 is 15.4 Å². The number of ether oxygens (including phenoxy) is 1. The van der Waals surface area contributed by atoms with Crippen LogP contribution in [-0.4, -0.2) is 30.1 Å². The van der Waals surface area contributed by atoms with Crippen LogP contribution < -0.4 is 15.4 Å². The molecule has 1 aromatic carbocycles. The van der Waals surface area contributed by atoms with Gasteiger partial charge in [0.15, 0.2) is 0 Å². The molecular formula is C20H26ClN3O2. The molecule has 3 rings (SSSR count). The molecule has 2 aromatic rings.